The molecule has 1 aliphatic carbocycles. The number of aromatic nitrogens is 1. The van der Waals surface area contributed by atoms with Crippen LogP contribution in [0.5, 0.6) is 0 Å². The second-order valence-corrected chi connectivity index (χ2v) is 7.21. The summed E-state index contributed by atoms with van der Waals surface area (Å²) in [6.07, 6.45) is 9.93. The van der Waals surface area contributed by atoms with E-state index in [1.807, 2.05) is 17.5 Å². The van der Waals surface area contributed by atoms with Gasteiger partial charge in [0.1, 0.15) is 6.26 Å². The molecular formula is C18H27IN4OS. The molecule has 25 heavy (non-hydrogen) atoms. The molecule has 3 rings (SSSR count). The van der Waals surface area contributed by atoms with Crippen LogP contribution in [0.15, 0.2) is 33.2 Å². The summed E-state index contributed by atoms with van der Waals surface area (Å²) >= 11 is 1.63. The molecule has 1 aliphatic rings. The average Bonchev–Trinajstić information content (AvgIpc) is 3.35. The van der Waals surface area contributed by atoms with E-state index < -0.39 is 0 Å². The van der Waals surface area contributed by atoms with Gasteiger partial charge in [-0.1, -0.05) is 31.7 Å². The lowest BCUT2D eigenvalue weighted by atomic mass is 10.0. The lowest BCUT2D eigenvalue weighted by Crippen LogP contribution is -2.37. The van der Waals surface area contributed by atoms with Gasteiger partial charge in [0.15, 0.2) is 5.96 Å². The Morgan fingerprint density at radius 2 is 2.20 bits per heavy atom. The molecule has 0 radical (unpaired) electrons. The third-order valence-corrected chi connectivity index (χ3v) is 5.36. The van der Waals surface area contributed by atoms with E-state index in [0.717, 1.165) is 29.0 Å². The summed E-state index contributed by atoms with van der Waals surface area (Å²) in [5, 5.41) is 8.70. The van der Waals surface area contributed by atoms with Crippen molar-refractivity contribution < 1.29 is 4.42 Å². The van der Waals surface area contributed by atoms with Crippen LogP contribution >= 0.6 is 35.3 Å². The fourth-order valence-corrected chi connectivity index (χ4v) is 3.85. The molecule has 1 fully saturated rings. The molecule has 2 aromatic rings. The molecular weight excluding hydrogens is 447 g/mol. The molecule has 1 saturated carbocycles. The molecule has 0 unspecified atom stereocenters. The fraction of sp³-hybridized carbons (Fsp3) is 0.556. The van der Waals surface area contributed by atoms with Gasteiger partial charge in [-0.25, -0.2) is 4.98 Å². The molecule has 0 aliphatic heterocycles. The molecule has 0 saturated heterocycles. The van der Waals surface area contributed by atoms with Crippen LogP contribution < -0.4 is 10.6 Å². The molecule has 2 N–H and O–H groups in total. The van der Waals surface area contributed by atoms with Crippen LogP contribution in [-0.4, -0.2) is 24.5 Å². The average molecular weight is 474 g/mol. The first-order valence-corrected chi connectivity index (χ1v) is 9.66. The van der Waals surface area contributed by atoms with Crippen LogP contribution in [0.3, 0.4) is 0 Å². The topological polar surface area (TPSA) is 62.5 Å². The van der Waals surface area contributed by atoms with Gasteiger partial charge in [0.05, 0.1) is 17.1 Å². The van der Waals surface area contributed by atoms with Crippen molar-refractivity contribution in [2.45, 2.75) is 45.1 Å². The Kier molecular flexibility index (Phi) is 8.74. The van der Waals surface area contributed by atoms with Gasteiger partial charge in [-0.3, -0.25) is 4.99 Å². The minimum atomic E-state index is 0. The van der Waals surface area contributed by atoms with Gasteiger partial charge in [0, 0.05) is 13.6 Å². The highest BCUT2D eigenvalue weighted by Gasteiger charge is 2.14. The van der Waals surface area contributed by atoms with E-state index in [1.165, 1.54) is 38.5 Å². The predicted molar refractivity (Wildman–Crippen MR) is 115 cm³/mol. The van der Waals surface area contributed by atoms with Crippen molar-refractivity contribution in [3.05, 3.63) is 29.5 Å². The number of hydrogen-bond acceptors (Lipinski definition) is 4. The first-order chi connectivity index (χ1) is 11.8. The fourth-order valence-electron chi connectivity index (χ4n) is 3.19. The molecule has 0 spiro atoms. The maximum Gasteiger partial charge on any atom is 0.236 e. The Bertz CT molecular complexity index is 635. The van der Waals surface area contributed by atoms with E-state index in [1.54, 1.807) is 24.6 Å². The number of thiophene rings is 1. The zero-order valence-corrected chi connectivity index (χ0v) is 17.8. The Balaban J connectivity index is 0.00000225. The van der Waals surface area contributed by atoms with Crippen LogP contribution in [0.4, 0.5) is 0 Å². The molecule has 7 heteroatoms. The largest absolute Gasteiger partial charge is 0.443 e. The first-order valence-electron chi connectivity index (χ1n) is 8.78. The minimum Gasteiger partial charge on any atom is -0.443 e. The second kappa shape index (κ2) is 10.8. The van der Waals surface area contributed by atoms with E-state index in [2.05, 4.69) is 20.6 Å². The highest BCUT2D eigenvalue weighted by Crippen LogP contribution is 2.28. The predicted octanol–water partition coefficient (Wildman–Crippen LogP) is 4.66. The van der Waals surface area contributed by atoms with Gasteiger partial charge in [0.2, 0.25) is 5.89 Å². The van der Waals surface area contributed by atoms with Crippen LogP contribution in [0, 0.1) is 5.92 Å². The van der Waals surface area contributed by atoms with E-state index in [4.69, 9.17) is 4.42 Å². The number of aliphatic imine (C=N–C) groups is 1. The normalized spacial score (nSPS) is 15.2. The van der Waals surface area contributed by atoms with Crippen LogP contribution in [0.25, 0.3) is 10.8 Å². The summed E-state index contributed by atoms with van der Waals surface area (Å²) in [5.74, 6) is 2.45. The van der Waals surface area contributed by atoms with E-state index >= 15 is 0 Å². The van der Waals surface area contributed by atoms with Gasteiger partial charge in [-0.15, -0.1) is 35.3 Å². The van der Waals surface area contributed by atoms with Crippen molar-refractivity contribution >= 4 is 41.3 Å². The Morgan fingerprint density at radius 3 is 2.92 bits per heavy atom. The van der Waals surface area contributed by atoms with Gasteiger partial charge >= 0.3 is 0 Å². The third kappa shape index (κ3) is 6.29. The summed E-state index contributed by atoms with van der Waals surface area (Å²) in [6, 6.07) is 4.01. The van der Waals surface area contributed by atoms with Crippen LogP contribution in [0.1, 0.15) is 44.2 Å². The summed E-state index contributed by atoms with van der Waals surface area (Å²) in [6.45, 7) is 1.58. The van der Waals surface area contributed by atoms with Crippen molar-refractivity contribution in [2.75, 3.05) is 13.6 Å². The summed E-state index contributed by atoms with van der Waals surface area (Å²) in [7, 11) is 1.80. The van der Waals surface area contributed by atoms with E-state index in [-0.39, 0.29) is 24.0 Å². The smallest absolute Gasteiger partial charge is 0.236 e. The number of guanidine groups is 1. The van der Waals surface area contributed by atoms with E-state index in [0.29, 0.717) is 12.4 Å². The van der Waals surface area contributed by atoms with Gasteiger partial charge in [-0.2, -0.15) is 0 Å². The van der Waals surface area contributed by atoms with Crippen LogP contribution in [0.2, 0.25) is 0 Å². The number of oxazole rings is 1. The summed E-state index contributed by atoms with van der Waals surface area (Å²) in [4.78, 5) is 9.82. The standard InChI is InChI=1S/C18H26N4OS.HI/c1-19-18(20-10-4-8-14-6-2-3-7-14)21-12-15-13-23-17(22-15)16-9-5-11-24-16;/h5,9,11,13-14H,2-4,6-8,10,12H2,1H3,(H2,19,20,21);1H. The highest BCUT2D eigenvalue weighted by molar-refractivity contribution is 14.0. The number of hydrogen-bond donors (Lipinski definition) is 2. The maximum atomic E-state index is 5.53. The number of nitrogens with zero attached hydrogens (tertiary/aromatic N) is 2. The van der Waals surface area contributed by atoms with Crippen molar-refractivity contribution in [3.8, 4) is 10.8 Å². The maximum absolute atomic E-state index is 5.53. The van der Waals surface area contributed by atoms with E-state index in [9.17, 15) is 0 Å². The lowest BCUT2D eigenvalue weighted by molar-refractivity contribution is 0.481. The van der Waals surface area contributed by atoms with Crippen LogP contribution in [-0.2, 0) is 6.54 Å². The Hall–Kier alpha value is -1.09. The zero-order chi connectivity index (χ0) is 16.6. The van der Waals surface area contributed by atoms with Crippen molar-refractivity contribution in [2.24, 2.45) is 10.9 Å². The molecule has 0 atom stereocenters. The van der Waals surface area contributed by atoms with Crippen molar-refractivity contribution in [1.82, 2.24) is 15.6 Å². The SMILES string of the molecule is CN=C(NCCCC1CCCC1)NCc1coc(-c2cccs2)n1.I. The Labute approximate surface area is 170 Å². The molecule has 0 bridgehead atoms. The lowest BCUT2D eigenvalue weighted by Gasteiger charge is -2.12. The summed E-state index contributed by atoms with van der Waals surface area (Å²) in [5.41, 5.74) is 0.882. The summed E-state index contributed by atoms with van der Waals surface area (Å²) < 4.78 is 5.53. The molecule has 0 aromatic carbocycles. The molecule has 138 valence electrons. The van der Waals surface area contributed by atoms with Gasteiger partial charge in [-0.05, 0) is 30.2 Å². The molecule has 5 nitrogen and oxygen atoms in total. The number of halogens is 1. The third-order valence-electron chi connectivity index (χ3n) is 4.50. The highest BCUT2D eigenvalue weighted by atomic mass is 127. The Morgan fingerprint density at radius 1 is 1.36 bits per heavy atom. The molecule has 2 aromatic heterocycles. The first kappa shape index (κ1) is 20.2. The van der Waals surface area contributed by atoms with Gasteiger partial charge in [0.25, 0.3) is 0 Å². The molecule has 2 heterocycles. The quantitative estimate of drug-likeness (QED) is 0.265. The second-order valence-electron chi connectivity index (χ2n) is 6.27. The monoisotopic (exact) mass is 474 g/mol. The number of rotatable bonds is 7. The van der Waals surface area contributed by atoms with Crippen molar-refractivity contribution in [3.63, 3.8) is 0 Å². The molecule has 0 amide bonds. The van der Waals surface area contributed by atoms with Crippen molar-refractivity contribution in [1.29, 1.82) is 0 Å². The zero-order valence-electron chi connectivity index (χ0n) is 14.7. The number of nitrogens with one attached hydrogen (secondary N) is 2. The minimum absolute atomic E-state index is 0. The van der Waals surface area contributed by atoms with Gasteiger partial charge < -0.3 is 15.1 Å².